The average molecular weight is 349 g/mol. The van der Waals surface area contributed by atoms with Crippen molar-refractivity contribution >= 4 is 11.9 Å². The maximum Gasteiger partial charge on any atom is 0.451 e. The molecule has 0 fully saturated rings. The molecule has 2 aromatic heterocycles. The highest BCUT2D eigenvalue weighted by Crippen LogP contribution is 2.26. The Morgan fingerprint density at radius 2 is 1.88 bits per heavy atom. The number of halogens is 3. The number of amides is 1. The SMILES string of the molecule is O=C(Nc1n[nH]c(C(F)(F)F)n1)c1ccc(Oc2cccnc2)cc1. The number of hydrogen-bond acceptors (Lipinski definition) is 5. The molecule has 0 saturated heterocycles. The van der Waals surface area contributed by atoms with E-state index in [1.807, 2.05) is 0 Å². The molecule has 1 amide bonds. The first-order chi connectivity index (χ1) is 11.9. The Bertz CT molecular complexity index is 863. The number of carbonyl (C=O) groups excluding carboxylic acids is 1. The van der Waals surface area contributed by atoms with Gasteiger partial charge >= 0.3 is 6.18 Å². The second kappa shape index (κ2) is 6.59. The van der Waals surface area contributed by atoms with E-state index in [0.717, 1.165) is 0 Å². The van der Waals surface area contributed by atoms with Gasteiger partial charge in [-0.25, -0.2) is 0 Å². The number of alkyl halides is 3. The van der Waals surface area contributed by atoms with Crippen molar-refractivity contribution in [1.82, 2.24) is 20.2 Å². The third kappa shape index (κ3) is 4.10. The van der Waals surface area contributed by atoms with Gasteiger partial charge in [0.05, 0.1) is 6.20 Å². The third-order valence-electron chi connectivity index (χ3n) is 2.97. The summed E-state index contributed by atoms with van der Waals surface area (Å²) in [7, 11) is 0. The van der Waals surface area contributed by atoms with Crippen LogP contribution in [0.3, 0.4) is 0 Å². The number of nitrogens with one attached hydrogen (secondary N) is 2. The van der Waals surface area contributed by atoms with Crippen LogP contribution in [0.15, 0.2) is 48.8 Å². The molecule has 2 N–H and O–H groups in total. The normalized spacial score (nSPS) is 11.2. The van der Waals surface area contributed by atoms with Crippen LogP contribution in [0.25, 0.3) is 0 Å². The molecular formula is C15H10F3N5O2. The van der Waals surface area contributed by atoms with Crippen LogP contribution in [0.5, 0.6) is 11.5 Å². The van der Waals surface area contributed by atoms with E-state index in [0.29, 0.717) is 11.5 Å². The minimum Gasteiger partial charge on any atom is -0.456 e. The van der Waals surface area contributed by atoms with E-state index in [2.05, 4.69) is 20.4 Å². The van der Waals surface area contributed by atoms with Crippen LogP contribution in [0.4, 0.5) is 19.1 Å². The summed E-state index contributed by atoms with van der Waals surface area (Å²) in [6, 6.07) is 9.43. The van der Waals surface area contributed by atoms with Gasteiger partial charge in [-0.3, -0.25) is 20.2 Å². The highest BCUT2D eigenvalue weighted by molar-refractivity contribution is 6.03. The van der Waals surface area contributed by atoms with E-state index in [4.69, 9.17) is 4.74 Å². The molecule has 128 valence electrons. The van der Waals surface area contributed by atoms with Gasteiger partial charge in [0.15, 0.2) is 0 Å². The van der Waals surface area contributed by atoms with Gasteiger partial charge in [-0.2, -0.15) is 18.2 Å². The zero-order chi connectivity index (χ0) is 17.9. The number of rotatable bonds is 4. The van der Waals surface area contributed by atoms with Crippen LogP contribution in [0, 0.1) is 0 Å². The number of pyridine rings is 1. The van der Waals surface area contributed by atoms with Gasteiger partial charge in [0.25, 0.3) is 5.91 Å². The zero-order valence-electron chi connectivity index (χ0n) is 12.4. The predicted octanol–water partition coefficient (Wildman–Crippen LogP) is 3.26. The lowest BCUT2D eigenvalue weighted by atomic mass is 10.2. The van der Waals surface area contributed by atoms with Crippen LogP contribution in [-0.4, -0.2) is 26.1 Å². The number of aromatic nitrogens is 4. The maximum absolute atomic E-state index is 12.4. The van der Waals surface area contributed by atoms with Crippen molar-refractivity contribution in [3.8, 4) is 11.5 Å². The largest absolute Gasteiger partial charge is 0.456 e. The molecule has 3 rings (SSSR count). The van der Waals surface area contributed by atoms with E-state index in [1.165, 1.54) is 18.3 Å². The first kappa shape index (κ1) is 16.4. The molecular weight excluding hydrogens is 339 g/mol. The number of benzene rings is 1. The monoisotopic (exact) mass is 349 g/mol. The molecule has 0 aliphatic rings. The summed E-state index contributed by atoms with van der Waals surface area (Å²) in [4.78, 5) is 19.1. The van der Waals surface area contributed by atoms with Crippen LogP contribution in [-0.2, 0) is 6.18 Å². The van der Waals surface area contributed by atoms with Gasteiger partial charge in [-0.1, -0.05) is 0 Å². The first-order valence-corrected chi connectivity index (χ1v) is 6.91. The highest BCUT2D eigenvalue weighted by atomic mass is 19.4. The van der Waals surface area contributed by atoms with E-state index < -0.39 is 23.9 Å². The summed E-state index contributed by atoms with van der Waals surface area (Å²) in [6.07, 6.45) is -1.53. The van der Waals surface area contributed by atoms with Crippen LogP contribution in [0.2, 0.25) is 0 Å². The number of H-pyrrole nitrogens is 1. The average Bonchev–Trinajstić information content (AvgIpc) is 3.05. The van der Waals surface area contributed by atoms with Gasteiger partial charge in [0.2, 0.25) is 11.8 Å². The molecule has 1 aromatic carbocycles. The molecule has 2 heterocycles. The summed E-state index contributed by atoms with van der Waals surface area (Å²) < 4.78 is 42.8. The molecule has 25 heavy (non-hydrogen) atoms. The molecule has 10 heteroatoms. The topological polar surface area (TPSA) is 92.8 Å². The number of anilines is 1. The number of nitrogens with zero attached hydrogens (tertiary/aromatic N) is 3. The van der Waals surface area contributed by atoms with Gasteiger partial charge < -0.3 is 4.74 Å². The van der Waals surface area contributed by atoms with Gasteiger partial charge in [0, 0.05) is 11.8 Å². The second-order valence-corrected chi connectivity index (χ2v) is 4.77. The number of carbonyl (C=O) groups is 1. The maximum atomic E-state index is 12.4. The Morgan fingerprint density at radius 1 is 1.12 bits per heavy atom. The smallest absolute Gasteiger partial charge is 0.451 e. The van der Waals surface area contributed by atoms with E-state index >= 15 is 0 Å². The lowest BCUT2D eigenvalue weighted by Gasteiger charge is -2.06. The minimum absolute atomic E-state index is 0.205. The molecule has 0 saturated carbocycles. The molecule has 7 nitrogen and oxygen atoms in total. The van der Waals surface area contributed by atoms with Crippen molar-refractivity contribution in [3.63, 3.8) is 0 Å². The first-order valence-electron chi connectivity index (χ1n) is 6.91. The third-order valence-corrected chi connectivity index (χ3v) is 2.97. The summed E-state index contributed by atoms with van der Waals surface area (Å²) in [5, 5.41) is 7.19. The Hall–Kier alpha value is -3.43. The fraction of sp³-hybridized carbons (Fsp3) is 0.0667. The number of hydrogen-bond donors (Lipinski definition) is 2. The fourth-order valence-corrected chi connectivity index (χ4v) is 1.84. The molecule has 0 atom stereocenters. The van der Waals surface area contributed by atoms with Crippen LogP contribution >= 0.6 is 0 Å². The lowest BCUT2D eigenvalue weighted by molar-refractivity contribution is -0.144. The molecule has 0 bridgehead atoms. The Morgan fingerprint density at radius 3 is 2.48 bits per heavy atom. The summed E-state index contributed by atoms with van der Waals surface area (Å²) >= 11 is 0. The second-order valence-electron chi connectivity index (χ2n) is 4.77. The zero-order valence-corrected chi connectivity index (χ0v) is 12.4. The molecule has 3 aromatic rings. The number of ether oxygens (including phenoxy) is 1. The predicted molar refractivity (Wildman–Crippen MR) is 80.1 cm³/mol. The van der Waals surface area contributed by atoms with Gasteiger partial charge in [0.1, 0.15) is 11.5 Å². The van der Waals surface area contributed by atoms with Crippen molar-refractivity contribution in [2.45, 2.75) is 6.18 Å². The van der Waals surface area contributed by atoms with Gasteiger partial charge in [-0.15, -0.1) is 5.10 Å². The van der Waals surface area contributed by atoms with Crippen molar-refractivity contribution in [3.05, 3.63) is 60.2 Å². The minimum atomic E-state index is -4.67. The van der Waals surface area contributed by atoms with Crippen LogP contribution < -0.4 is 10.1 Å². The van der Waals surface area contributed by atoms with Crippen molar-refractivity contribution in [2.24, 2.45) is 0 Å². The fourth-order valence-electron chi connectivity index (χ4n) is 1.84. The Labute approximate surface area is 138 Å². The lowest BCUT2D eigenvalue weighted by Crippen LogP contribution is -2.13. The van der Waals surface area contributed by atoms with Crippen molar-refractivity contribution in [2.75, 3.05) is 5.32 Å². The Kier molecular flexibility index (Phi) is 4.33. The number of aromatic amines is 1. The summed E-state index contributed by atoms with van der Waals surface area (Å²) in [6.45, 7) is 0. The van der Waals surface area contributed by atoms with E-state index in [1.54, 1.807) is 35.6 Å². The molecule has 0 aliphatic carbocycles. The Balaban J connectivity index is 1.65. The molecule has 0 aliphatic heterocycles. The standard InChI is InChI=1S/C15H10F3N5O2/c16-15(17,18)13-21-14(23-22-13)20-12(24)9-3-5-10(6-4-9)25-11-2-1-7-19-8-11/h1-8H,(H2,20,21,22,23,24). The van der Waals surface area contributed by atoms with Crippen molar-refractivity contribution in [1.29, 1.82) is 0 Å². The summed E-state index contributed by atoms with van der Waals surface area (Å²) in [5.74, 6) is -1.40. The van der Waals surface area contributed by atoms with Crippen molar-refractivity contribution < 1.29 is 22.7 Å². The quantitative estimate of drug-likeness (QED) is 0.754. The molecule has 0 unspecified atom stereocenters. The molecule has 0 radical (unpaired) electrons. The summed E-state index contributed by atoms with van der Waals surface area (Å²) in [5.41, 5.74) is 0.205. The van der Waals surface area contributed by atoms with E-state index in [9.17, 15) is 18.0 Å². The van der Waals surface area contributed by atoms with Crippen LogP contribution in [0.1, 0.15) is 16.2 Å². The van der Waals surface area contributed by atoms with E-state index in [-0.39, 0.29) is 5.56 Å². The highest BCUT2D eigenvalue weighted by Gasteiger charge is 2.35. The molecule has 0 spiro atoms. The van der Waals surface area contributed by atoms with Gasteiger partial charge in [-0.05, 0) is 36.4 Å².